The number of unbranched alkanes of at least 4 members (excludes halogenated alkanes) is 1. The van der Waals surface area contributed by atoms with Gasteiger partial charge < -0.3 is 5.73 Å². The number of hydrogen-bond donors (Lipinski definition) is 1. The number of aryl methyl sites for hydroxylation is 1. The minimum Gasteiger partial charge on any atom is -0.369 e. The van der Waals surface area contributed by atoms with E-state index in [4.69, 9.17) is 5.73 Å². The predicted molar refractivity (Wildman–Crippen MR) is 96.8 cm³/mol. The first kappa shape index (κ1) is 14.4. The zero-order valence-electron chi connectivity index (χ0n) is 12.0. The maximum absolute atomic E-state index is 6.10. The maximum atomic E-state index is 6.10. The number of benzene rings is 2. The minimum atomic E-state index is 0.535. The summed E-state index contributed by atoms with van der Waals surface area (Å²) in [5, 5.41) is 0. The molecule has 0 saturated heterocycles. The Bertz CT molecular complexity index is 760. The molecule has 3 nitrogen and oxygen atoms in total. The Balaban J connectivity index is 2.01. The van der Waals surface area contributed by atoms with Gasteiger partial charge in [-0.25, -0.2) is 4.98 Å². The first-order valence-corrected chi connectivity index (χ1v) is 8.29. The van der Waals surface area contributed by atoms with E-state index in [1.807, 2.05) is 4.57 Å². The first-order chi connectivity index (χ1) is 10.2. The summed E-state index contributed by atoms with van der Waals surface area (Å²) < 4.78 is 3.18. The van der Waals surface area contributed by atoms with Crippen LogP contribution in [0.2, 0.25) is 0 Å². The van der Waals surface area contributed by atoms with Crippen LogP contribution >= 0.6 is 22.6 Å². The molecule has 0 unspecified atom stereocenters. The van der Waals surface area contributed by atoms with Gasteiger partial charge in [-0.05, 0) is 71.3 Å². The molecule has 3 rings (SSSR count). The van der Waals surface area contributed by atoms with E-state index in [9.17, 15) is 0 Å². The third-order valence-corrected chi connectivity index (χ3v) is 4.33. The molecule has 3 aromatic rings. The van der Waals surface area contributed by atoms with Crippen molar-refractivity contribution >= 4 is 39.6 Å². The van der Waals surface area contributed by atoms with Crippen molar-refractivity contribution in [2.45, 2.75) is 26.2 Å². The molecule has 4 heteroatoms. The highest BCUT2D eigenvalue weighted by Gasteiger charge is 2.10. The monoisotopic (exact) mass is 391 g/mol. The summed E-state index contributed by atoms with van der Waals surface area (Å²) in [6.45, 7) is 2.22. The van der Waals surface area contributed by atoms with Crippen LogP contribution in [-0.2, 0) is 6.42 Å². The van der Waals surface area contributed by atoms with Gasteiger partial charge in [-0.2, -0.15) is 0 Å². The molecule has 0 aliphatic carbocycles. The Morgan fingerprint density at radius 3 is 2.62 bits per heavy atom. The second-order valence-electron chi connectivity index (χ2n) is 5.21. The molecular formula is C17H18IN3. The Morgan fingerprint density at radius 2 is 1.90 bits per heavy atom. The largest absolute Gasteiger partial charge is 0.369 e. The van der Waals surface area contributed by atoms with Crippen LogP contribution in [0.25, 0.3) is 16.7 Å². The number of fused-ring (bicyclic) bond motifs is 1. The van der Waals surface area contributed by atoms with Crippen molar-refractivity contribution in [2.75, 3.05) is 5.73 Å². The highest BCUT2D eigenvalue weighted by molar-refractivity contribution is 14.1. The molecule has 1 heterocycles. The smallest absolute Gasteiger partial charge is 0.205 e. The van der Waals surface area contributed by atoms with E-state index in [0.29, 0.717) is 5.95 Å². The Kier molecular flexibility index (Phi) is 4.14. The Labute approximate surface area is 138 Å². The fourth-order valence-electron chi connectivity index (χ4n) is 2.54. The van der Waals surface area contributed by atoms with Crippen LogP contribution in [0.4, 0.5) is 5.95 Å². The van der Waals surface area contributed by atoms with Crippen LogP contribution in [0.3, 0.4) is 0 Å². The third-order valence-electron chi connectivity index (χ3n) is 3.66. The standard InChI is InChI=1S/C17H18IN3/c1-2-3-4-12-5-8-14(9-6-12)21-16-10-7-13(18)11-15(16)20-17(21)19/h5-11H,2-4H2,1H3,(H2,19,20). The predicted octanol–water partition coefficient (Wildman–Crippen LogP) is 4.55. The zero-order valence-corrected chi connectivity index (χ0v) is 14.2. The number of halogens is 1. The van der Waals surface area contributed by atoms with Gasteiger partial charge in [0.25, 0.3) is 0 Å². The average Bonchev–Trinajstić information content (AvgIpc) is 2.80. The van der Waals surface area contributed by atoms with Gasteiger partial charge in [0.05, 0.1) is 11.0 Å². The van der Waals surface area contributed by atoms with E-state index < -0.39 is 0 Å². The van der Waals surface area contributed by atoms with Crippen molar-refractivity contribution in [3.8, 4) is 5.69 Å². The molecule has 2 N–H and O–H groups in total. The second kappa shape index (κ2) is 6.05. The first-order valence-electron chi connectivity index (χ1n) is 7.22. The third kappa shape index (κ3) is 2.90. The van der Waals surface area contributed by atoms with Crippen molar-refractivity contribution in [1.82, 2.24) is 9.55 Å². The number of rotatable bonds is 4. The number of nitrogen functional groups attached to an aromatic ring is 1. The normalized spacial score (nSPS) is 11.1. The summed E-state index contributed by atoms with van der Waals surface area (Å²) in [4.78, 5) is 4.46. The Hall–Kier alpha value is -1.56. The van der Waals surface area contributed by atoms with Crippen molar-refractivity contribution in [3.63, 3.8) is 0 Å². The molecule has 0 amide bonds. The van der Waals surface area contributed by atoms with Crippen LogP contribution in [0, 0.1) is 3.57 Å². The molecule has 0 aliphatic heterocycles. The molecule has 0 atom stereocenters. The quantitative estimate of drug-likeness (QED) is 0.663. The lowest BCUT2D eigenvalue weighted by Crippen LogP contribution is -2.00. The summed E-state index contributed by atoms with van der Waals surface area (Å²) in [5.41, 5.74) is 10.5. The van der Waals surface area contributed by atoms with Gasteiger partial charge in [-0.3, -0.25) is 4.57 Å². The number of aromatic nitrogens is 2. The molecule has 0 radical (unpaired) electrons. The number of nitrogens with two attached hydrogens (primary N) is 1. The summed E-state index contributed by atoms with van der Waals surface area (Å²) in [5.74, 6) is 0.535. The van der Waals surface area contributed by atoms with Crippen LogP contribution < -0.4 is 5.73 Å². The SMILES string of the molecule is CCCCc1ccc(-n2c(N)nc3cc(I)ccc32)cc1. The fraction of sp³-hybridized carbons (Fsp3) is 0.235. The molecule has 0 fully saturated rings. The molecule has 108 valence electrons. The van der Waals surface area contributed by atoms with E-state index in [1.165, 1.54) is 22.0 Å². The highest BCUT2D eigenvalue weighted by Crippen LogP contribution is 2.24. The van der Waals surface area contributed by atoms with Crippen LogP contribution in [0.5, 0.6) is 0 Å². The lowest BCUT2D eigenvalue weighted by atomic mass is 10.1. The van der Waals surface area contributed by atoms with E-state index in [-0.39, 0.29) is 0 Å². The number of hydrogen-bond acceptors (Lipinski definition) is 2. The van der Waals surface area contributed by atoms with E-state index in [2.05, 4.69) is 77.0 Å². The van der Waals surface area contributed by atoms with Crippen LogP contribution in [-0.4, -0.2) is 9.55 Å². The van der Waals surface area contributed by atoms with E-state index in [1.54, 1.807) is 0 Å². The highest BCUT2D eigenvalue weighted by atomic mass is 127. The van der Waals surface area contributed by atoms with Crippen molar-refractivity contribution in [2.24, 2.45) is 0 Å². The van der Waals surface area contributed by atoms with E-state index in [0.717, 1.165) is 23.1 Å². The van der Waals surface area contributed by atoms with Crippen LogP contribution in [0.1, 0.15) is 25.3 Å². The lowest BCUT2D eigenvalue weighted by molar-refractivity contribution is 0.795. The zero-order chi connectivity index (χ0) is 14.8. The van der Waals surface area contributed by atoms with Crippen molar-refractivity contribution in [1.29, 1.82) is 0 Å². The maximum Gasteiger partial charge on any atom is 0.205 e. The van der Waals surface area contributed by atoms with Gasteiger partial charge in [-0.1, -0.05) is 25.5 Å². The number of nitrogens with zero attached hydrogens (tertiary/aromatic N) is 2. The molecule has 2 aromatic carbocycles. The Morgan fingerprint density at radius 1 is 1.14 bits per heavy atom. The van der Waals surface area contributed by atoms with Gasteiger partial charge in [0.2, 0.25) is 5.95 Å². The minimum absolute atomic E-state index is 0.535. The molecule has 0 saturated carbocycles. The summed E-state index contributed by atoms with van der Waals surface area (Å²) in [7, 11) is 0. The number of anilines is 1. The lowest BCUT2D eigenvalue weighted by Gasteiger charge is -2.08. The van der Waals surface area contributed by atoms with Gasteiger partial charge in [0, 0.05) is 9.26 Å². The second-order valence-corrected chi connectivity index (χ2v) is 6.45. The molecular weight excluding hydrogens is 373 g/mol. The van der Waals surface area contributed by atoms with Crippen molar-refractivity contribution in [3.05, 3.63) is 51.6 Å². The van der Waals surface area contributed by atoms with Gasteiger partial charge in [-0.15, -0.1) is 0 Å². The average molecular weight is 391 g/mol. The fourth-order valence-corrected chi connectivity index (χ4v) is 3.01. The van der Waals surface area contributed by atoms with Crippen LogP contribution in [0.15, 0.2) is 42.5 Å². The molecule has 0 bridgehead atoms. The summed E-state index contributed by atoms with van der Waals surface area (Å²) in [6.07, 6.45) is 3.59. The van der Waals surface area contributed by atoms with Gasteiger partial charge in [0.1, 0.15) is 0 Å². The molecule has 0 aliphatic rings. The van der Waals surface area contributed by atoms with E-state index >= 15 is 0 Å². The molecule has 21 heavy (non-hydrogen) atoms. The molecule has 0 spiro atoms. The van der Waals surface area contributed by atoms with Gasteiger partial charge >= 0.3 is 0 Å². The van der Waals surface area contributed by atoms with Gasteiger partial charge in [0.15, 0.2) is 0 Å². The summed E-state index contributed by atoms with van der Waals surface area (Å²) >= 11 is 2.29. The number of imidazole rings is 1. The molecule has 1 aromatic heterocycles. The topological polar surface area (TPSA) is 43.8 Å². The van der Waals surface area contributed by atoms with Crippen molar-refractivity contribution < 1.29 is 0 Å². The summed E-state index contributed by atoms with van der Waals surface area (Å²) in [6, 6.07) is 14.8.